The molecule has 3 aromatic rings. The smallest absolute Gasteiger partial charge is 0.0302 e. The SMILES string of the molecule is CC(CC(c1cccnc1)C(C)c1ccncc1)c1ccccc1. The Hall–Kier alpha value is -2.48. The number of benzene rings is 1. The van der Waals surface area contributed by atoms with Crippen molar-refractivity contribution in [3.05, 3.63) is 96.1 Å². The van der Waals surface area contributed by atoms with Gasteiger partial charge in [0.2, 0.25) is 0 Å². The summed E-state index contributed by atoms with van der Waals surface area (Å²) in [7, 11) is 0. The second-order valence-electron chi connectivity index (χ2n) is 6.51. The lowest BCUT2D eigenvalue weighted by atomic mass is 9.77. The first kappa shape index (κ1) is 16.4. The van der Waals surface area contributed by atoms with Gasteiger partial charge in [-0.25, -0.2) is 0 Å². The summed E-state index contributed by atoms with van der Waals surface area (Å²) >= 11 is 0. The summed E-state index contributed by atoms with van der Waals surface area (Å²) < 4.78 is 0. The van der Waals surface area contributed by atoms with Crippen molar-refractivity contribution in [1.29, 1.82) is 0 Å². The Bertz CT molecular complexity index is 726. The fourth-order valence-electron chi connectivity index (χ4n) is 3.42. The lowest BCUT2D eigenvalue weighted by Crippen LogP contribution is -2.12. The van der Waals surface area contributed by atoms with Crippen molar-refractivity contribution in [2.45, 2.75) is 38.0 Å². The van der Waals surface area contributed by atoms with Crippen molar-refractivity contribution in [3.63, 3.8) is 0 Å². The highest BCUT2D eigenvalue weighted by atomic mass is 14.6. The summed E-state index contributed by atoms with van der Waals surface area (Å²) in [5, 5.41) is 0. The lowest BCUT2D eigenvalue weighted by molar-refractivity contribution is 0.491. The monoisotopic (exact) mass is 316 g/mol. The van der Waals surface area contributed by atoms with Gasteiger partial charge in [-0.1, -0.05) is 50.2 Å². The number of pyridine rings is 2. The summed E-state index contributed by atoms with van der Waals surface area (Å²) in [5.41, 5.74) is 4.04. The molecular weight excluding hydrogens is 292 g/mol. The molecule has 3 unspecified atom stereocenters. The van der Waals surface area contributed by atoms with E-state index in [0.29, 0.717) is 17.8 Å². The zero-order chi connectivity index (χ0) is 16.8. The van der Waals surface area contributed by atoms with Crippen molar-refractivity contribution >= 4 is 0 Å². The van der Waals surface area contributed by atoms with Crippen LogP contribution in [0.15, 0.2) is 79.4 Å². The van der Waals surface area contributed by atoms with E-state index in [-0.39, 0.29) is 0 Å². The number of hydrogen-bond acceptors (Lipinski definition) is 2. The zero-order valence-electron chi connectivity index (χ0n) is 14.3. The van der Waals surface area contributed by atoms with Crippen LogP contribution in [0.2, 0.25) is 0 Å². The van der Waals surface area contributed by atoms with E-state index in [1.807, 2.05) is 30.9 Å². The average Bonchev–Trinajstić information content (AvgIpc) is 2.67. The van der Waals surface area contributed by atoms with Crippen LogP contribution in [0.4, 0.5) is 0 Å². The summed E-state index contributed by atoms with van der Waals surface area (Å²) in [4.78, 5) is 8.51. The molecule has 2 aromatic heterocycles. The summed E-state index contributed by atoms with van der Waals surface area (Å²) in [6, 6.07) is 19.3. The van der Waals surface area contributed by atoms with Crippen LogP contribution in [-0.4, -0.2) is 9.97 Å². The molecule has 0 saturated heterocycles. The molecule has 0 spiro atoms. The molecule has 2 heteroatoms. The van der Waals surface area contributed by atoms with Gasteiger partial charge in [0.15, 0.2) is 0 Å². The predicted molar refractivity (Wildman–Crippen MR) is 99.1 cm³/mol. The van der Waals surface area contributed by atoms with Crippen LogP contribution in [0.25, 0.3) is 0 Å². The van der Waals surface area contributed by atoms with E-state index in [4.69, 9.17) is 0 Å². The summed E-state index contributed by atoms with van der Waals surface area (Å²) in [5.74, 6) is 1.35. The molecule has 2 heterocycles. The van der Waals surface area contributed by atoms with Crippen LogP contribution in [0, 0.1) is 0 Å². The van der Waals surface area contributed by atoms with Crippen molar-refractivity contribution in [2.75, 3.05) is 0 Å². The van der Waals surface area contributed by atoms with Gasteiger partial charge in [0, 0.05) is 24.8 Å². The van der Waals surface area contributed by atoms with E-state index in [1.54, 1.807) is 0 Å². The van der Waals surface area contributed by atoms with Gasteiger partial charge in [-0.2, -0.15) is 0 Å². The van der Waals surface area contributed by atoms with E-state index in [1.165, 1.54) is 16.7 Å². The predicted octanol–water partition coefficient (Wildman–Crippen LogP) is 5.56. The molecule has 0 radical (unpaired) electrons. The molecule has 0 bridgehead atoms. The van der Waals surface area contributed by atoms with Gasteiger partial charge in [0.1, 0.15) is 0 Å². The molecular formula is C22H24N2. The topological polar surface area (TPSA) is 25.8 Å². The molecule has 0 saturated carbocycles. The average molecular weight is 316 g/mol. The standard InChI is InChI=1S/C22H24N2/c1-17(19-7-4-3-5-8-19)15-22(21-9-6-12-24-16-21)18(2)20-10-13-23-14-11-20/h3-14,16-18,22H,15H2,1-2H3. The molecule has 0 aliphatic rings. The second kappa shape index (κ2) is 7.87. The van der Waals surface area contributed by atoms with Crippen LogP contribution < -0.4 is 0 Å². The molecule has 0 aliphatic heterocycles. The highest BCUT2D eigenvalue weighted by molar-refractivity contribution is 5.27. The second-order valence-corrected chi connectivity index (χ2v) is 6.51. The van der Waals surface area contributed by atoms with Crippen molar-refractivity contribution < 1.29 is 0 Å². The van der Waals surface area contributed by atoms with E-state index in [2.05, 4.69) is 72.3 Å². The minimum atomic E-state index is 0.420. The molecule has 24 heavy (non-hydrogen) atoms. The zero-order valence-corrected chi connectivity index (χ0v) is 14.3. The van der Waals surface area contributed by atoms with Gasteiger partial charge >= 0.3 is 0 Å². The number of aromatic nitrogens is 2. The van der Waals surface area contributed by atoms with Gasteiger partial charge < -0.3 is 0 Å². The highest BCUT2D eigenvalue weighted by Crippen LogP contribution is 2.39. The first-order chi connectivity index (χ1) is 11.8. The van der Waals surface area contributed by atoms with Gasteiger partial charge in [-0.05, 0) is 59.1 Å². The molecule has 3 rings (SSSR count). The maximum absolute atomic E-state index is 4.35. The molecule has 1 aromatic carbocycles. The van der Waals surface area contributed by atoms with E-state index >= 15 is 0 Å². The van der Waals surface area contributed by atoms with Crippen LogP contribution in [0.5, 0.6) is 0 Å². The lowest BCUT2D eigenvalue weighted by Gasteiger charge is -2.27. The third-order valence-electron chi connectivity index (χ3n) is 4.92. The van der Waals surface area contributed by atoms with Gasteiger partial charge in [-0.3, -0.25) is 9.97 Å². The van der Waals surface area contributed by atoms with Crippen LogP contribution >= 0.6 is 0 Å². The quantitative estimate of drug-likeness (QED) is 0.595. The minimum absolute atomic E-state index is 0.420. The van der Waals surface area contributed by atoms with Crippen molar-refractivity contribution in [2.24, 2.45) is 0 Å². The van der Waals surface area contributed by atoms with Gasteiger partial charge in [0.25, 0.3) is 0 Å². The van der Waals surface area contributed by atoms with Crippen molar-refractivity contribution in [3.8, 4) is 0 Å². The number of rotatable bonds is 6. The summed E-state index contributed by atoms with van der Waals surface area (Å²) in [6.45, 7) is 4.63. The molecule has 2 nitrogen and oxygen atoms in total. The van der Waals surface area contributed by atoms with Gasteiger partial charge in [-0.15, -0.1) is 0 Å². The minimum Gasteiger partial charge on any atom is -0.265 e. The molecule has 0 fully saturated rings. The van der Waals surface area contributed by atoms with E-state index in [0.717, 1.165) is 6.42 Å². The highest BCUT2D eigenvalue weighted by Gasteiger charge is 2.24. The van der Waals surface area contributed by atoms with Crippen molar-refractivity contribution in [1.82, 2.24) is 9.97 Å². The van der Waals surface area contributed by atoms with Gasteiger partial charge in [0.05, 0.1) is 0 Å². The Balaban J connectivity index is 1.88. The van der Waals surface area contributed by atoms with Crippen LogP contribution in [-0.2, 0) is 0 Å². The summed E-state index contributed by atoms with van der Waals surface area (Å²) in [6.07, 6.45) is 8.72. The maximum Gasteiger partial charge on any atom is 0.0302 e. The molecule has 0 amide bonds. The maximum atomic E-state index is 4.35. The third-order valence-corrected chi connectivity index (χ3v) is 4.92. The Morgan fingerprint density at radius 2 is 1.42 bits per heavy atom. The largest absolute Gasteiger partial charge is 0.265 e. The molecule has 122 valence electrons. The Morgan fingerprint density at radius 1 is 0.708 bits per heavy atom. The molecule has 0 aliphatic carbocycles. The Kier molecular flexibility index (Phi) is 5.37. The molecule has 0 N–H and O–H groups in total. The normalized spacial score (nSPS) is 14.8. The fraction of sp³-hybridized carbons (Fsp3) is 0.273. The van der Waals surface area contributed by atoms with E-state index < -0.39 is 0 Å². The van der Waals surface area contributed by atoms with E-state index in [9.17, 15) is 0 Å². The van der Waals surface area contributed by atoms with Crippen LogP contribution in [0.1, 0.15) is 54.7 Å². The Morgan fingerprint density at radius 3 is 2.08 bits per heavy atom. The first-order valence-corrected chi connectivity index (χ1v) is 8.60. The van der Waals surface area contributed by atoms with Crippen LogP contribution in [0.3, 0.4) is 0 Å². The fourth-order valence-corrected chi connectivity index (χ4v) is 3.42. The first-order valence-electron chi connectivity index (χ1n) is 8.60. The third kappa shape index (κ3) is 3.88. The number of nitrogens with zero attached hydrogens (tertiary/aromatic N) is 2. The Labute approximate surface area is 144 Å². The molecule has 3 atom stereocenters. The number of hydrogen-bond donors (Lipinski definition) is 0.